The lowest BCUT2D eigenvalue weighted by molar-refractivity contribution is -0.0462. The van der Waals surface area contributed by atoms with Crippen LogP contribution in [-0.2, 0) is 0 Å². The van der Waals surface area contributed by atoms with E-state index in [2.05, 4.69) is 52.8 Å². The highest BCUT2D eigenvalue weighted by molar-refractivity contribution is 5.24. The second kappa shape index (κ2) is 8.76. The first-order chi connectivity index (χ1) is 14.3. The van der Waals surface area contributed by atoms with Gasteiger partial charge in [-0.1, -0.05) is 64.8 Å². The molecule has 0 bridgehead atoms. The largest absolute Gasteiger partial charge is 0.396 e. The van der Waals surface area contributed by atoms with E-state index >= 15 is 0 Å². The van der Waals surface area contributed by atoms with E-state index in [9.17, 15) is 5.11 Å². The minimum absolute atomic E-state index is 0.308. The molecule has 8 atom stereocenters. The Labute approximate surface area is 186 Å². The molecule has 170 valence electrons. The maximum Gasteiger partial charge on any atom is 0.0436 e. The number of fused-ring (bicyclic) bond motifs is 5. The van der Waals surface area contributed by atoms with Gasteiger partial charge < -0.3 is 5.11 Å². The summed E-state index contributed by atoms with van der Waals surface area (Å²) in [6, 6.07) is 0. The molecule has 1 N–H and O–H groups in total. The molecule has 1 nitrogen and oxygen atoms in total. The molecule has 3 saturated carbocycles. The fraction of sp³-hybridized carbons (Fsp3) is 0.862. The lowest BCUT2D eigenvalue weighted by Crippen LogP contribution is -2.49. The molecule has 0 aromatic rings. The molecule has 1 heteroatoms. The average Bonchev–Trinajstić information content (AvgIpc) is 3.07. The summed E-state index contributed by atoms with van der Waals surface area (Å²) >= 11 is 0. The van der Waals surface area contributed by atoms with Gasteiger partial charge in [-0.3, -0.25) is 0 Å². The van der Waals surface area contributed by atoms with Crippen molar-refractivity contribution in [3.05, 3.63) is 23.8 Å². The third-order valence-electron chi connectivity index (χ3n) is 10.7. The predicted molar refractivity (Wildman–Crippen MR) is 128 cm³/mol. The Morgan fingerprint density at radius 3 is 2.57 bits per heavy atom. The van der Waals surface area contributed by atoms with Crippen LogP contribution in [-0.4, -0.2) is 11.7 Å². The van der Waals surface area contributed by atoms with Gasteiger partial charge in [-0.05, 0) is 110 Å². The molecule has 4 rings (SSSR count). The summed E-state index contributed by atoms with van der Waals surface area (Å²) in [6.45, 7) is 12.7. The molecule has 0 amide bonds. The zero-order valence-corrected chi connectivity index (χ0v) is 20.5. The van der Waals surface area contributed by atoms with Crippen molar-refractivity contribution in [3.8, 4) is 0 Å². The van der Waals surface area contributed by atoms with Crippen molar-refractivity contribution in [2.24, 2.45) is 52.3 Å². The van der Waals surface area contributed by atoms with Crippen molar-refractivity contribution < 1.29 is 5.11 Å². The highest BCUT2D eigenvalue weighted by Crippen LogP contribution is 2.67. The number of aliphatic hydroxyl groups is 1. The standard InChI is InChI=1S/C29H48O/c1-20(2)22(16-19-30)10-9-21(3)25-13-14-26-24-12-11-23-8-6-7-17-28(23,4)27(24)15-18-29(25,26)5/h9-11,20-22,24-27,30H,6-8,12-19H2,1-5H3/t21-,22+,24+,25-,26+,27+,28+,29-/m1/s1. The zero-order chi connectivity index (χ0) is 21.5. The van der Waals surface area contributed by atoms with Gasteiger partial charge in [0, 0.05) is 6.61 Å². The molecule has 4 aliphatic carbocycles. The fourth-order valence-electron chi connectivity index (χ4n) is 8.86. The third kappa shape index (κ3) is 3.76. The Hall–Kier alpha value is -0.560. The molecule has 0 radical (unpaired) electrons. The normalized spacial score (nSPS) is 43.1. The van der Waals surface area contributed by atoms with Crippen molar-refractivity contribution >= 4 is 0 Å². The van der Waals surface area contributed by atoms with Crippen molar-refractivity contribution in [3.63, 3.8) is 0 Å². The van der Waals surface area contributed by atoms with E-state index in [-0.39, 0.29) is 0 Å². The van der Waals surface area contributed by atoms with Crippen molar-refractivity contribution in [2.45, 2.75) is 98.8 Å². The van der Waals surface area contributed by atoms with Crippen LogP contribution in [0.4, 0.5) is 0 Å². The second-order valence-corrected chi connectivity index (χ2v) is 12.4. The second-order valence-electron chi connectivity index (χ2n) is 12.4. The summed E-state index contributed by atoms with van der Waals surface area (Å²) in [5.74, 6) is 5.47. The van der Waals surface area contributed by atoms with Crippen molar-refractivity contribution in [2.75, 3.05) is 6.61 Å². The van der Waals surface area contributed by atoms with Gasteiger partial charge in [0.25, 0.3) is 0 Å². The Morgan fingerprint density at radius 1 is 1.03 bits per heavy atom. The minimum atomic E-state index is 0.308. The van der Waals surface area contributed by atoms with Crippen LogP contribution < -0.4 is 0 Å². The molecule has 0 aliphatic heterocycles. The van der Waals surface area contributed by atoms with E-state index in [4.69, 9.17) is 0 Å². The van der Waals surface area contributed by atoms with Crippen LogP contribution in [0.5, 0.6) is 0 Å². The first-order valence-corrected chi connectivity index (χ1v) is 13.3. The highest BCUT2D eigenvalue weighted by atomic mass is 16.3. The monoisotopic (exact) mass is 412 g/mol. The lowest BCUT2D eigenvalue weighted by Gasteiger charge is -2.58. The van der Waals surface area contributed by atoms with Crippen molar-refractivity contribution in [1.29, 1.82) is 0 Å². The summed E-state index contributed by atoms with van der Waals surface area (Å²) in [6.07, 6.45) is 21.5. The Balaban J connectivity index is 1.50. The van der Waals surface area contributed by atoms with E-state index < -0.39 is 0 Å². The van der Waals surface area contributed by atoms with Gasteiger partial charge in [0.05, 0.1) is 0 Å². The van der Waals surface area contributed by atoms with Crippen LogP contribution in [0.3, 0.4) is 0 Å². The topological polar surface area (TPSA) is 20.2 Å². The number of hydrogen-bond acceptors (Lipinski definition) is 1. The highest BCUT2D eigenvalue weighted by Gasteiger charge is 2.58. The Morgan fingerprint density at radius 2 is 1.83 bits per heavy atom. The van der Waals surface area contributed by atoms with E-state index in [0.29, 0.717) is 35.2 Å². The molecule has 30 heavy (non-hydrogen) atoms. The zero-order valence-electron chi connectivity index (χ0n) is 20.5. The van der Waals surface area contributed by atoms with Gasteiger partial charge >= 0.3 is 0 Å². The predicted octanol–water partition coefficient (Wildman–Crippen LogP) is 7.80. The molecule has 4 aliphatic rings. The molecule has 3 fully saturated rings. The summed E-state index contributed by atoms with van der Waals surface area (Å²) < 4.78 is 0. The Kier molecular flexibility index (Phi) is 6.61. The summed E-state index contributed by atoms with van der Waals surface area (Å²) in [5, 5.41) is 9.43. The lowest BCUT2D eigenvalue weighted by atomic mass is 9.47. The number of allylic oxidation sites excluding steroid dienone is 4. The van der Waals surface area contributed by atoms with Gasteiger partial charge in [-0.15, -0.1) is 0 Å². The van der Waals surface area contributed by atoms with Crippen LogP contribution >= 0.6 is 0 Å². The van der Waals surface area contributed by atoms with E-state index in [0.717, 1.165) is 30.1 Å². The molecule has 0 heterocycles. The summed E-state index contributed by atoms with van der Waals surface area (Å²) in [5.41, 5.74) is 2.90. The van der Waals surface area contributed by atoms with E-state index in [1.54, 1.807) is 0 Å². The van der Waals surface area contributed by atoms with Gasteiger partial charge in [-0.2, -0.15) is 0 Å². The SMILES string of the molecule is CC(C)[C@@H](C=C[C@@H](C)[C@H]1CC[C@H]2[C@@H]3CC=C4CCCC[C@]4(C)[C@H]3CC[C@]12C)CCO. The van der Waals surface area contributed by atoms with Crippen LogP contribution in [0.15, 0.2) is 23.8 Å². The molecule has 0 saturated heterocycles. The minimum Gasteiger partial charge on any atom is -0.396 e. The average molecular weight is 413 g/mol. The number of hydrogen-bond donors (Lipinski definition) is 1. The fourth-order valence-corrected chi connectivity index (χ4v) is 8.86. The summed E-state index contributed by atoms with van der Waals surface area (Å²) in [4.78, 5) is 0. The van der Waals surface area contributed by atoms with Crippen LogP contribution in [0.25, 0.3) is 0 Å². The molecule has 0 aromatic heterocycles. The first-order valence-electron chi connectivity index (χ1n) is 13.3. The van der Waals surface area contributed by atoms with Gasteiger partial charge in [0.2, 0.25) is 0 Å². The van der Waals surface area contributed by atoms with Crippen LogP contribution in [0, 0.1) is 52.3 Å². The molecule has 0 unspecified atom stereocenters. The smallest absolute Gasteiger partial charge is 0.0436 e. The van der Waals surface area contributed by atoms with Gasteiger partial charge in [0.15, 0.2) is 0 Å². The maximum atomic E-state index is 9.43. The van der Waals surface area contributed by atoms with Gasteiger partial charge in [0.1, 0.15) is 0 Å². The van der Waals surface area contributed by atoms with Gasteiger partial charge in [-0.25, -0.2) is 0 Å². The van der Waals surface area contributed by atoms with Crippen molar-refractivity contribution in [1.82, 2.24) is 0 Å². The van der Waals surface area contributed by atoms with E-state index in [1.807, 2.05) is 5.57 Å². The quantitative estimate of drug-likeness (QED) is 0.441. The third-order valence-corrected chi connectivity index (χ3v) is 10.7. The van der Waals surface area contributed by atoms with Crippen LogP contribution in [0.2, 0.25) is 0 Å². The van der Waals surface area contributed by atoms with E-state index in [1.165, 1.54) is 57.8 Å². The maximum absolute atomic E-state index is 9.43. The Bertz CT molecular complexity index is 659. The molecular formula is C29H48O. The number of aliphatic hydroxyl groups excluding tert-OH is 1. The van der Waals surface area contributed by atoms with Crippen LogP contribution in [0.1, 0.15) is 98.8 Å². The molecule has 0 aromatic carbocycles. The number of rotatable bonds is 6. The first kappa shape index (κ1) is 22.6. The summed E-state index contributed by atoms with van der Waals surface area (Å²) in [7, 11) is 0. The molecular weight excluding hydrogens is 364 g/mol. The molecule has 0 spiro atoms.